The normalized spacial score (nSPS) is 10.3. The van der Waals surface area contributed by atoms with Crippen molar-refractivity contribution in [2.45, 2.75) is 6.42 Å². The van der Waals surface area contributed by atoms with E-state index in [1.807, 2.05) is 19.3 Å². The van der Waals surface area contributed by atoms with Crippen LogP contribution in [0.15, 0.2) is 24.5 Å². The molecule has 3 N–H and O–H groups in total. The Morgan fingerprint density at radius 1 is 1.55 bits per heavy atom. The lowest BCUT2D eigenvalue weighted by Gasteiger charge is -2.09. The second kappa shape index (κ2) is 6.05. The molecule has 20 heavy (non-hydrogen) atoms. The molecule has 0 bridgehead atoms. The number of nitrogens with two attached hydrogens (primary N) is 1. The van der Waals surface area contributed by atoms with Crippen LogP contribution >= 0.6 is 0 Å². The minimum absolute atomic E-state index is 0.327. The zero-order valence-corrected chi connectivity index (χ0v) is 11.5. The Labute approximate surface area is 116 Å². The number of hydrogen-bond acceptors (Lipinski definition) is 6. The molecule has 0 saturated carbocycles. The number of carbonyl (C=O) groups is 1. The molecule has 2 aromatic heterocycles. The Morgan fingerprint density at radius 3 is 3.00 bits per heavy atom. The van der Waals surface area contributed by atoms with Crippen LogP contribution in [0.4, 0.5) is 11.5 Å². The molecule has 0 unspecified atom stereocenters. The number of esters is 1. The lowest BCUT2D eigenvalue weighted by molar-refractivity contribution is 0.0601. The molecule has 0 spiro atoms. The number of nitrogen functional groups attached to an aromatic ring is 1. The smallest absolute Gasteiger partial charge is 0.341 e. The molecule has 0 fully saturated rings. The summed E-state index contributed by atoms with van der Waals surface area (Å²) in [5, 5.41) is 7.37. The molecule has 7 heteroatoms. The van der Waals surface area contributed by atoms with Crippen molar-refractivity contribution in [2.75, 3.05) is 24.7 Å². The van der Waals surface area contributed by atoms with Gasteiger partial charge in [0.2, 0.25) is 0 Å². The van der Waals surface area contributed by atoms with Crippen LogP contribution < -0.4 is 11.1 Å². The lowest BCUT2D eigenvalue weighted by atomic mass is 10.2. The van der Waals surface area contributed by atoms with Gasteiger partial charge in [-0.3, -0.25) is 4.68 Å². The fourth-order valence-corrected chi connectivity index (χ4v) is 1.79. The highest BCUT2D eigenvalue weighted by atomic mass is 16.5. The number of aryl methyl sites for hydroxylation is 1. The van der Waals surface area contributed by atoms with E-state index >= 15 is 0 Å². The number of anilines is 2. The third-order valence-electron chi connectivity index (χ3n) is 2.76. The largest absolute Gasteiger partial charge is 0.465 e. The molecule has 0 amide bonds. The van der Waals surface area contributed by atoms with Gasteiger partial charge in [-0.1, -0.05) is 0 Å². The van der Waals surface area contributed by atoms with Crippen LogP contribution in [0, 0.1) is 0 Å². The van der Waals surface area contributed by atoms with Gasteiger partial charge in [-0.2, -0.15) is 5.10 Å². The van der Waals surface area contributed by atoms with Gasteiger partial charge in [-0.15, -0.1) is 0 Å². The molecule has 7 nitrogen and oxygen atoms in total. The van der Waals surface area contributed by atoms with Crippen molar-refractivity contribution in [1.82, 2.24) is 14.8 Å². The van der Waals surface area contributed by atoms with E-state index in [4.69, 9.17) is 10.5 Å². The first-order valence-electron chi connectivity index (χ1n) is 6.16. The van der Waals surface area contributed by atoms with Gasteiger partial charge in [0.1, 0.15) is 11.4 Å². The second-order valence-electron chi connectivity index (χ2n) is 4.31. The summed E-state index contributed by atoms with van der Waals surface area (Å²) in [6.07, 6.45) is 4.11. The fourth-order valence-electron chi connectivity index (χ4n) is 1.79. The standard InChI is InChI=1S/C13H17N5O2/c1-18-6-4-10(17-18)3-5-15-12-11(13(19)20-2)7-9(14)8-16-12/h4,6-8H,3,5,14H2,1-2H3,(H,15,16). The maximum absolute atomic E-state index is 11.6. The molecule has 0 aliphatic heterocycles. The van der Waals surface area contributed by atoms with Crippen molar-refractivity contribution >= 4 is 17.5 Å². The van der Waals surface area contributed by atoms with Gasteiger partial charge in [0.05, 0.1) is 24.7 Å². The highest BCUT2D eigenvalue weighted by Gasteiger charge is 2.13. The number of methoxy groups -OCH3 is 1. The van der Waals surface area contributed by atoms with Gasteiger partial charge in [0.15, 0.2) is 0 Å². The maximum atomic E-state index is 11.6. The Morgan fingerprint density at radius 2 is 2.35 bits per heavy atom. The van der Waals surface area contributed by atoms with Crippen molar-refractivity contribution in [1.29, 1.82) is 0 Å². The molecule has 2 rings (SSSR count). The van der Waals surface area contributed by atoms with Crippen LogP contribution in [0.1, 0.15) is 16.1 Å². The minimum atomic E-state index is -0.467. The van der Waals surface area contributed by atoms with Crippen LogP contribution in [0.2, 0.25) is 0 Å². The average Bonchev–Trinajstić information content (AvgIpc) is 2.85. The van der Waals surface area contributed by atoms with E-state index in [1.54, 1.807) is 10.7 Å². The third kappa shape index (κ3) is 3.25. The molecule has 106 valence electrons. The van der Waals surface area contributed by atoms with E-state index in [1.165, 1.54) is 13.3 Å². The Balaban J connectivity index is 2.03. The number of rotatable bonds is 5. The maximum Gasteiger partial charge on any atom is 0.341 e. The van der Waals surface area contributed by atoms with Crippen molar-refractivity contribution < 1.29 is 9.53 Å². The topological polar surface area (TPSA) is 95.1 Å². The van der Waals surface area contributed by atoms with Gasteiger partial charge in [0, 0.05) is 26.2 Å². The minimum Gasteiger partial charge on any atom is -0.465 e. The Hall–Kier alpha value is -2.57. The molecule has 0 radical (unpaired) electrons. The molecule has 2 aromatic rings. The first kappa shape index (κ1) is 13.9. The van der Waals surface area contributed by atoms with Crippen LogP contribution in [0.5, 0.6) is 0 Å². The number of ether oxygens (including phenoxy) is 1. The highest BCUT2D eigenvalue weighted by molar-refractivity contribution is 5.95. The quantitative estimate of drug-likeness (QED) is 0.785. The molecule has 2 heterocycles. The Kier molecular flexibility index (Phi) is 4.19. The van der Waals surface area contributed by atoms with Gasteiger partial charge in [-0.05, 0) is 12.1 Å². The van der Waals surface area contributed by atoms with Crippen LogP contribution in [0.3, 0.4) is 0 Å². The van der Waals surface area contributed by atoms with Crippen LogP contribution in [0.25, 0.3) is 0 Å². The third-order valence-corrected chi connectivity index (χ3v) is 2.76. The Bertz CT molecular complexity index is 609. The summed E-state index contributed by atoms with van der Waals surface area (Å²) in [6.45, 7) is 0.609. The fraction of sp³-hybridized carbons (Fsp3) is 0.308. The summed E-state index contributed by atoms with van der Waals surface area (Å²) in [5.41, 5.74) is 7.34. The summed E-state index contributed by atoms with van der Waals surface area (Å²) < 4.78 is 6.46. The molecule has 0 aliphatic carbocycles. The zero-order valence-electron chi connectivity index (χ0n) is 11.5. The first-order valence-corrected chi connectivity index (χ1v) is 6.16. The van der Waals surface area contributed by atoms with Gasteiger partial charge in [0.25, 0.3) is 0 Å². The summed E-state index contributed by atoms with van der Waals surface area (Å²) in [4.78, 5) is 15.8. The lowest BCUT2D eigenvalue weighted by Crippen LogP contribution is -2.13. The first-order chi connectivity index (χ1) is 9.60. The zero-order chi connectivity index (χ0) is 14.5. The van der Waals surface area contributed by atoms with E-state index in [-0.39, 0.29) is 0 Å². The summed E-state index contributed by atoms with van der Waals surface area (Å²) in [5.74, 6) is -0.00730. The van der Waals surface area contributed by atoms with Crippen LogP contribution in [-0.2, 0) is 18.2 Å². The van der Waals surface area contributed by atoms with E-state index in [9.17, 15) is 4.79 Å². The highest BCUT2D eigenvalue weighted by Crippen LogP contribution is 2.16. The monoisotopic (exact) mass is 275 g/mol. The van der Waals surface area contributed by atoms with Gasteiger partial charge in [-0.25, -0.2) is 9.78 Å². The average molecular weight is 275 g/mol. The molecule has 0 aromatic carbocycles. The number of nitrogens with zero attached hydrogens (tertiary/aromatic N) is 3. The van der Waals surface area contributed by atoms with E-state index in [2.05, 4.69) is 15.4 Å². The number of nitrogens with one attached hydrogen (secondary N) is 1. The summed E-state index contributed by atoms with van der Waals surface area (Å²) >= 11 is 0. The number of carbonyl (C=O) groups excluding carboxylic acids is 1. The van der Waals surface area contributed by atoms with E-state index in [0.717, 1.165) is 12.1 Å². The van der Waals surface area contributed by atoms with Gasteiger partial charge < -0.3 is 15.8 Å². The van der Waals surface area contributed by atoms with Crippen LogP contribution in [-0.4, -0.2) is 34.4 Å². The predicted molar refractivity (Wildman–Crippen MR) is 75.4 cm³/mol. The molecular weight excluding hydrogens is 258 g/mol. The van der Waals surface area contributed by atoms with E-state index in [0.29, 0.717) is 23.6 Å². The second-order valence-corrected chi connectivity index (χ2v) is 4.31. The van der Waals surface area contributed by atoms with Crippen molar-refractivity contribution in [2.24, 2.45) is 7.05 Å². The van der Waals surface area contributed by atoms with Crippen molar-refractivity contribution in [3.8, 4) is 0 Å². The van der Waals surface area contributed by atoms with Crippen molar-refractivity contribution in [3.05, 3.63) is 35.8 Å². The molecular formula is C13H17N5O2. The van der Waals surface area contributed by atoms with E-state index < -0.39 is 5.97 Å². The number of pyridine rings is 1. The summed E-state index contributed by atoms with van der Waals surface area (Å²) in [7, 11) is 3.19. The molecule has 0 saturated heterocycles. The summed E-state index contributed by atoms with van der Waals surface area (Å²) in [6, 6.07) is 3.49. The number of hydrogen-bond donors (Lipinski definition) is 2. The molecule has 0 atom stereocenters. The van der Waals surface area contributed by atoms with Crippen molar-refractivity contribution in [3.63, 3.8) is 0 Å². The SMILES string of the molecule is COC(=O)c1cc(N)cnc1NCCc1ccn(C)n1. The molecule has 0 aliphatic rings. The van der Waals surface area contributed by atoms with Gasteiger partial charge >= 0.3 is 5.97 Å². The number of aromatic nitrogens is 3. The predicted octanol–water partition coefficient (Wildman–Crippen LogP) is 0.838.